The van der Waals surface area contributed by atoms with Gasteiger partial charge in [0.1, 0.15) is 5.82 Å². The van der Waals surface area contributed by atoms with Crippen LogP contribution in [-0.2, 0) is 4.74 Å². The third-order valence-corrected chi connectivity index (χ3v) is 6.02. The van der Waals surface area contributed by atoms with Crippen molar-refractivity contribution in [2.45, 2.75) is 45.8 Å². The van der Waals surface area contributed by atoms with E-state index in [9.17, 15) is 13.2 Å². The van der Waals surface area contributed by atoms with Crippen LogP contribution in [0.1, 0.15) is 48.3 Å². The fraction of sp³-hybridized carbons (Fsp3) is 0.435. The van der Waals surface area contributed by atoms with Crippen molar-refractivity contribution in [3.63, 3.8) is 0 Å². The van der Waals surface area contributed by atoms with Crippen LogP contribution in [0.5, 0.6) is 0 Å². The Morgan fingerprint density at radius 1 is 1.16 bits per heavy atom. The standard InChI is InChI=1S/C23H26F3N5O/c1-12(16-6-5-7-17(20(16)24)22(25)26)28-23-18-10-19(31-9-8-15(11-31)32-4)13(2)27-21(18)14(3)29-30-23/h5-7,10,12,15,22H,8-9,11H2,1-4H3,(H,28,30)/t12-,15+/m1/s1. The summed E-state index contributed by atoms with van der Waals surface area (Å²) in [5.74, 6) is -0.486. The van der Waals surface area contributed by atoms with Crippen LogP contribution in [0.15, 0.2) is 24.3 Å². The van der Waals surface area contributed by atoms with E-state index in [2.05, 4.69) is 20.4 Å². The number of aromatic nitrogens is 3. The molecule has 0 amide bonds. The summed E-state index contributed by atoms with van der Waals surface area (Å²) >= 11 is 0. The normalized spacial score (nSPS) is 17.4. The number of ether oxygens (including phenoxy) is 1. The van der Waals surface area contributed by atoms with Gasteiger partial charge in [-0.1, -0.05) is 18.2 Å². The number of hydrogen-bond acceptors (Lipinski definition) is 6. The van der Waals surface area contributed by atoms with Crippen molar-refractivity contribution in [2.24, 2.45) is 0 Å². The van der Waals surface area contributed by atoms with Crippen molar-refractivity contribution in [1.82, 2.24) is 15.2 Å². The van der Waals surface area contributed by atoms with Gasteiger partial charge in [0.05, 0.1) is 40.3 Å². The molecule has 0 spiro atoms. The molecule has 9 heteroatoms. The maximum atomic E-state index is 14.7. The lowest BCUT2D eigenvalue weighted by molar-refractivity contribution is 0.121. The van der Waals surface area contributed by atoms with E-state index in [0.29, 0.717) is 17.0 Å². The van der Waals surface area contributed by atoms with Gasteiger partial charge < -0.3 is 15.0 Å². The van der Waals surface area contributed by atoms with Crippen LogP contribution in [0.25, 0.3) is 10.9 Å². The predicted molar refractivity (Wildman–Crippen MR) is 118 cm³/mol. The van der Waals surface area contributed by atoms with Crippen LogP contribution in [0.3, 0.4) is 0 Å². The molecule has 170 valence electrons. The van der Waals surface area contributed by atoms with Gasteiger partial charge in [0.15, 0.2) is 5.82 Å². The SMILES string of the molecule is CO[C@H]1CCN(c2cc3c(N[C@H](C)c4cccc(C(F)F)c4F)nnc(C)c3nc2C)C1. The smallest absolute Gasteiger partial charge is 0.266 e. The zero-order valence-electron chi connectivity index (χ0n) is 18.5. The molecule has 0 unspecified atom stereocenters. The number of aryl methyl sites for hydroxylation is 2. The van der Waals surface area contributed by atoms with Crippen molar-refractivity contribution < 1.29 is 17.9 Å². The monoisotopic (exact) mass is 445 g/mol. The number of nitrogens with one attached hydrogen (secondary N) is 1. The lowest BCUT2D eigenvalue weighted by Gasteiger charge is -2.22. The maximum Gasteiger partial charge on any atom is 0.266 e. The lowest BCUT2D eigenvalue weighted by Crippen LogP contribution is -2.23. The summed E-state index contributed by atoms with van der Waals surface area (Å²) in [6.45, 7) is 7.11. The molecule has 0 aliphatic carbocycles. The molecule has 1 fully saturated rings. The molecule has 32 heavy (non-hydrogen) atoms. The lowest BCUT2D eigenvalue weighted by atomic mass is 10.0. The van der Waals surface area contributed by atoms with Gasteiger partial charge in [-0.2, -0.15) is 5.10 Å². The van der Waals surface area contributed by atoms with Gasteiger partial charge in [-0.3, -0.25) is 0 Å². The molecule has 0 bridgehead atoms. The zero-order valence-corrected chi connectivity index (χ0v) is 18.5. The highest BCUT2D eigenvalue weighted by Crippen LogP contribution is 2.33. The van der Waals surface area contributed by atoms with E-state index in [1.807, 2.05) is 19.9 Å². The summed E-state index contributed by atoms with van der Waals surface area (Å²) in [4.78, 5) is 6.99. The molecule has 3 heterocycles. The van der Waals surface area contributed by atoms with E-state index in [4.69, 9.17) is 9.72 Å². The Kier molecular flexibility index (Phi) is 6.19. The minimum Gasteiger partial charge on any atom is -0.380 e. The number of hydrogen-bond donors (Lipinski definition) is 1. The third-order valence-electron chi connectivity index (χ3n) is 6.02. The van der Waals surface area contributed by atoms with Crippen LogP contribution in [0.4, 0.5) is 24.7 Å². The van der Waals surface area contributed by atoms with E-state index in [1.165, 1.54) is 12.1 Å². The first-order valence-corrected chi connectivity index (χ1v) is 10.6. The largest absolute Gasteiger partial charge is 0.380 e. The van der Waals surface area contributed by atoms with Gasteiger partial charge in [0.2, 0.25) is 0 Å². The number of fused-ring (bicyclic) bond motifs is 1. The molecule has 0 radical (unpaired) electrons. The fourth-order valence-corrected chi connectivity index (χ4v) is 4.20. The molecule has 6 nitrogen and oxygen atoms in total. The number of pyridine rings is 1. The van der Waals surface area contributed by atoms with Crippen molar-refractivity contribution in [3.05, 3.63) is 52.6 Å². The molecule has 2 atom stereocenters. The van der Waals surface area contributed by atoms with Gasteiger partial charge in [-0.05, 0) is 33.3 Å². The Morgan fingerprint density at radius 3 is 2.59 bits per heavy atom. The summed E-state index contributed by atoms with van der Waals surface area (Å²) in [6.07, 6.45) is -1.78. The van der Waals surface area contributed by atoms with Crippen LogP contribution in [-0.4, -0.2) is 41.5 Å². The maximum absolute atomic E-state index is 14.7. The number of nitrogens with zero attached hydrogens (tertiary/aromatic N) is 4. The van der Waals surface area contributed by atoms with Crippen molar-refractivity contribution in [1.29, 1.82) is 0 Å². The van der Waals surface area contributed by atoms with Crippen molar-refractivity contribution in [3.8, 4) is 0 Å². The predicted octanol–water partition coefficient (Wildman–Crippen LogP) is 5.12. The highest BCUT2D eigenvalue weighted by Gasteiger charge is 2.25. The summed E-state index contributed by atoms with van der Waals surface area (Å²) in [5, 5.41) is 12.4. The number of alkyl halides is 2. The Morgan fingerprint density at radius 2 is 1.91 bits per heavy atom. The number of benzene rings is 1. The first kappa shape index (κ1) is 22.3. The van der Waals surface area contributed by atoms with Crippen LogP contribution in [0.2, 0.25) is 0 Å². The second kappa shape index (κ2) is 8.90. The summed E-state index contributed by atoms with van der Waals surface area (Å²) in [6, 6.07) is 5.42. The molecule has 4 rings (SSSR count). The van der Waals surface area contributed by atoms with Gasteiger partial charge in [0, 0.05) is 31.1 Å². The Labute approximate surface area is 184 Å². The topological polar surface area (TPSA) is 63.2 Å². The second-order valence-corrected chi connectivity index (χ2v) is 8.13. The zero-order chi connectivity index (χ0) is 23.0. The number of methoxy groups -OCH3 is 1. The molecule has 1 N–H and O–H groups in total. The van der Waals surface area contributed by atoms with E-state index < -0.39 is 23.8 Å². The Hall–Kier alpha value is -2.94. The van der Waals surface area contributed by atoms with Gasteiger partial charge in [0.25, 0.3) is 6.43 Å². The minimum atomic E-state index is -2.88. The van der Waals surface area contributed by atoms with Crippen LogP contribution >= 0.6 is 0 Å². The second-order valence-electron chi connectivity index (χ2n) is 8.13. The molecule has 1 aliphatic rings. The summed E-state index contributed by atoms with van der Waals surface area (Å²) in [7, 11) is 1.71. The average molecular weight is 445 g/mol. The number of rotatable bonds is 6. The Balaban J connectivity index is 1.72. The van der Waals surface area contributed by atoms with Crippen molar-refractivity contribution in [2.75, 3.05) is 30.4 Å². The Bertz CT molecular complexity index is 1140. The van der Waals surface area contributed by atoms with E-state index in [-0.39, 0.29) is 11.7 Å². The molecular formula is C23H26F3N5O. The number of anilines is 2. The van der Waals surface area contributed by atoms with Crippen LogP contribution in [0, 0.1) is 19.7 Å². The quantitative estimate of drug-likeness (QED) is 0.569. The van der Waals surface area contributed by atoms with Crippen LogP contribution < -0.4 is 10.2 Å². The van der Waals surface area contributed by atoms with E-state index >= 15 is 0 Å². The third kappa shape index (κ3) is 4.09. The first-order valence-electron chi connectivity index (χ1n) is 10.6. The molecule has 3 aromatic rings. The average Bonchev–Trinajstić information content (AvgIpc) is 3.24. The highest BCUT2D eigenvalue weighted by molar-refractivity contribution is 5.93. The number of halogens is 3. The first-order chi connectivity index (χ1) is 15.3. The van der Waals surface area contributed by atoms with E-state index in [0.717, 1.165) is 42.3 Å². The fourth-order valence-electron chi connectivity index (χ4n) is 4.20. The van der Waals surface area contributed by atoms with Gasteiger partial charge in [-0.25, -0.2) is 18.2 Å². The molecule has 1 aromatic carbocycles. The molecule has 2 aromatic heterocycles. The molecule has 1 aliphatic heterocycles. The minimum absolute atomic E-state index is 0.140. The van der Waals surface area contributed by atoms with Gasteiger partial charge >= 0.3 is 0 Å². The summed E-state index contributed by atoms with van der Waals surface area (Å²) < 4.78 is 46.4. The van der Waals surface area contributed by atoms with Crippen molar-refractivity contribution >= 4 is 22.4 Å². The molecular weight excluding hydrogens is 419 g/mol. The molecule has 1 saturated heterocycles. The van der Waals surface area contributed by atoms with E-state index in [1.54, 1.807) is 14.0 Å². The summed E-state index contributed by atoms with van der Waals surface area (Å²) in [5.41, 5.74) is 2.75. The molecule has 0 saturated carbocycles. The van der Waals surface area contributed by atoms with Gasteiger partial charge in [-0.15, -0.1) is 5.10 Å². The highest BCUT2D eigenvalue weighted by atomic mass is 19.3.